The number of carbonyl (C=O) groups is 1. The molecule has 0 radical (unpaired) electrons. The molecule has 0 aromatic carbocycles. The van der Waals surface area contributed by atoms with Crippen LogP contribution in [0.2, 0.25) is 0 Å². The second kappa shape index (κ2) is 5.59. The largest absolute Gasteiger partial charge is 0.465 e. The number of esters is 1. The van der Waals surface area contributed by atoms with Crippen molar-refractivity contribution in [1.82, 2.24) is 5.16 Å². The van der Waals surface area contributed by atoms with Crippen LogP contribution >= 0.6 is 0 Å². The van der Waals surface area contributed by atoms with Gasteiger partial charge in [0.25, 0.3) is 0 Å². The number of methoxy groups -OCH3 is 1. The molecule has 2 fully saturated rings. The zero-order chi connectivity index (χ0) is 15.9. The molecular formula is C15H18F3NO3. The maximum atomic E-state index is 13.3. The average Bonchev–Trinajstić information content (AvgIpc) is 3.24. The van der Waals surface area contributed by atoms with Gasteiger partial charge in [-0.05, 0) is 25.7 Å². The van der Waals surface area contributed by atoms with E-state index in [1.165, 1.54) is 7.11 Å². The lowest BCUT2D eigenvalue weighted by molar-refractivity contribution is -0.187. The van der Waals surface area contributed by atoms with E-state index in [1.54, 1.807) is 0 Å². The van der Waals surface area contributed by atoms with Crippen molar-refractivity contribution in [2.45, 2.75) is 56.5 Å². The summed E-state index contributed by atoms with van der Waals surface area (Å²) in [6.07, 6.45) is -0.884. The minimum Gasteiger partial charge on any atom is -0.465 e. The van der Waals surface area contributed by atoms with Crippen molar-refractivity contribution in [3.8, 4) is 0 Å². The molecule has 0 bridgehead atoms. The third kappa shape index (κ3) is 2.73. The van der Waals surface area contributed by atoms with Gasteiger partial charge in [0.15, 0.2) is 5.76 Å². The van der Waals surface area contributed by atoms with Crippen LogP contribution in [-0.4, -0.2) is 24.4 Å². The number of alkyl halides is 3. The van der Waals surface area contributed by atoms with E-state index in [9.17, 15) is 18.0 Å². The van der Waals surface area contributed by atoms with Gasteiger partial charge in [0.05, 0.1) is 13.0 Å². The highest BCUT2D eigenvalue weighted by molar-refractivity contribution is 5.92. The topological polar surface area (TPSA) is 52.3 Å². The van der Waals surface area contributed by atoms with Gasteiger partial charge in [-0.15, -0.1) is 0 Å². The molecule has 1 heterocycles. The summed E-state index contributed by atoms with van der Waals surface area (Å²) >= 11 is 0. The highest BCUT2D eigenvalue weighted by atomic mass is 19.4. The van der Waals surface area contributed by atoms with Gasteiger partial charge >= 0.3 is 12.1 Å². The lowest BCUT2D eigenvalue weighted by Gasteiger charge is -2.32. The van der Waals surface area contributed by atoms with Crippen LogP contribution in [0.3, 0.4) is 0 Å². The predicted molar refractivity (Wildman–Crippen MR) is 70.6 cm³/mol. The highest BCUT2D eigenvalue weighted by Crippen LogP contribution is 2.49. The summed E-state index contributed by atoms with van der Waals surface area (Å²) in [7, 11) is 1.22. The van der Waals surface area contributed by atoms with E-state index in [1.807, 2.05) is 0 Å². The molecule has 3 rings (SSSR count). The molecule has 0 amide bonds. The van der Waals surface area contributed by atoms with E-state index >= 15 is 0 Å². The molecule has 0 aliphatic heterocycles. The summed E-state index contributed by atoms with van der Waals surface area (Å²) in [6.45, 7) is 0. The number of nitrogens with zero attached hydrogens (tertiary/aromatic N) is 1. The van der Waals surface area contributed by atoms with Crippen LogP contribution in [0.15, 0.2) is 4.52 Å². The lowest BCUT2D eigenvalue weighted by Crippen LogP contribution is -2.32. The average molecular weight is 317 g/mol. The van der Waals surface area contributed by atoms with Gasteiger partial charge in [-0.3, -0.25) is 0 Å². The first-order chi connectivity index (χ1) is 10.4. The molecule has 2 atom stereocenters. The second-order valence-corrected chi connectivity index (χ2v) is 6.11. The fourth-order valence-electron chi connectivity index (χ4n) is 3.35. The third-order valence-corrected chi connectivity index (χ3v) is 4.62. The molecule has 2 aliphatic rings. The Morgan fingerprint density at radius 2 is 1.91 bits per heavy atom. The summed E-state index contributed by atoms with van der Waals surface area (Å²) in [5.41, 5.74) is 0.266. The van der Waals surface area contributed by atoms with E-state index in [4.69, 9.17) is 9.26 Å². The Morgan fingerprint density at radius 1 is 1.23 bits per heavy atom. The molecule has 2 unspecified atom stereocenters. The summed E-state index contributed by atoms with van der Waals surface area (Å²) < 4.78 is 49.9. The molecule has 22 heavy (non-hydrogen) atoms. The molecule has 1 aromatic heterocycles. The Morgan fingerprint density at radius 3 is 2.50 bits per heavy atom. The van der Waals surface area contributed by atoms with Crippen LogP contribution in [-0.2, 0) is 4.74 Å². The van der Waals surface area contributed by atoms with Gasteiger partial charge < -0.3 is 9.26 Å². The number of carbonyl (C=O) groups excluding carboxylic acids is 1. The van der Waals surface area contributed by atoms with Gasteiger partial charge in [0.1, 0.15) is 11.3 Å². The quantitative estimate of drug-likeness (QED) is 0.785. The number of aromatic nitrogens is 1. The van der Waals surface area contributed by atoms with Gasteiger partial charge in [0, 0.05) is 11.8 Å². The van der Waals surface area contributed by atoms with E-state index < -0.39 is 24.0 Å². The van der Waals surface area contributed by atoms with E-state index in [-0.39, 0.29) is 23.6 Å². The van der Waals surface area contributed by atoms with Gasteiger partial charge in [-0.1, -0.05) is 18.0 Å². The van der Waals surface area contributed by atoms with E-state index in [0.717, 1.165) is 12.8 Å². The summed E-state index contributed by atoms with van der Waals surface area (Å²) in [4.78, 5) is 12.0. The molecule has 122 valence electrons. The number of rotatable bonds is 3. The van der Waals surface area contributed by atoms with Crippen LogP contribution < -0.4 is 0 Å². The van der Waals surface area contributed by atoms with Crippen LogP contribution in [0.4, 0.5) is 13.2 Å². The molecule has 2 saturated carbocycles. The minimum atomic E-state index is -4.29. The van der Waals surface area contributed by atoms with Crippen molar-refractivity contribution in [2.24, 2.45) is 5.92 Å². The summed E-state index contributed by atoms with van der Waals surface area (Å²) in [6, 6.07) is 0. The monoisotopic (exact) mass is 317 g/mol. The normalized spacial score (nSPS) is 26.0. The van der Waals surface area contributed by atoms with Crippen molar-refractivity contribution in [3.63, 3.8) is 0 Å². The third-order valence-electron chi connectivity index (χ3n) is 4.62. The maximum absolute atomic E-state index is 13.3. The minimum absolute atomic E-state index is 0.0698. The first-order valence-electron chi connectivity index (χ1n) is 7.58. The number of hydrogen-bond acceptors (Lipinski definition) is 4. The standard InChI is InChI=1S/C15H18F3NO3/c1-21-14(20)11-12(19-22-13(11)8-6-7-8)9-4-2-3-5-10(9)15(16,17)18/h8-10H,2-7H2,1H3. The van der Waals surface area contributed by atoms with Crippen molar-refractivity contribution in [1.29, 1.82) is 0 Å². The number of hydrogen-bond donors (Lipinski definition) is 0. The Bertz CT molecular complexity index is 563. The Hall–Kier alpha value is -1.53. The molecule has 0 N–H and O–H groups in total. The Kier molecular flexibility index (Phi) is 3.91. The molecular weight excluding hydrogens is 299 g/mol. The first kappa shape index (κ1) is 15.4. The van der Waals surface area contributed by atoms with Crippen molar-refractivity contribution in [3.05, 3.63) is 17.0 Å². The first-order valence-corrected chi connectivity index (χ1v) is 7.58. The zero-order valence-electron chi connectivity index (χ0n) is 12.3. The fourth-order valence-corrected chi connectivity index (χ4v) is 3.35. The number of halogens is 3. The molecule has 4 nitrogen and oxygen atoms in total. The van der Waals surface area contributed by atoms with Crippen molar-refractivity contribution < 1.29 is 27.2 Å². The van der Waals surface area contributed by atoms with Gasteiger partial charge in [-0.2, -0.15) is 13.2 Å². The smallest absolute Gasteiger partial charge is 0.392 e. The van der Waals surface area contributed by atoms with Crippen LogP contribution in [0.25, 0.3) is 0 Å². The second-order valence-electron chi connectivity index (χ2n) is 6.11. The molecule has 1 aromatic rings. The summed E-state index contributed by atoms with van der Waals surface area (Å²) in [5.74, 6) is -2.46. The fraction of sp³-hybridized carbons (Fsp3) is 0.733. The highest BCUT2D eigenvalue weighted by Gasteiger charge is 2.49. The molecule has 2 aliphatic carbocycles. The predicted octanol–water partition coefficient (Wildman–Crippen LogP) is 4.17. The zero-order valence-corrected chi connectivity index (χ0v) is 12.3. The maximum Gasteiger partial charge on any atom is 0.392 e. The van der Waals surface area contributed by atoms with Crippen LogP contribution in [0.1, 0.15) is 72.2 Å². The molecule has 7 heteroatoms. The van der Waals surface area contributed by atoms with Crippen molar-refractivity contribution in [2.75, 3.05) is 7.11 Å². The van der Waals surface area contributed by atoms with Gasteiger partial charge in [0.2, 0.25) is 0 Å². The Labute approximate surface area is 126 Å². The van der Waals surface area contributed by atoms with Crippen molar-refractivity contribution >= 4 is 5.97 Å². The van der Waals surface area contributed by atoms with E-state index in [0.29, 0.717) is 25.0 Å². The SMILES string of the molecule is COC(=O)c1c(C2CCCCC2C(F)(F)F)noc1C1CC1. The number of ether oxygens (including phenoxy) is 1. The summed E-state index contributed by atoms with van der Waals surface area (Å²) in [5, 5.41) is 3.86. The molecule has 0 spiro atoms. The molecule has 0 saturated heterocycles. The van der Waals surface area contributed by atoms with E-state index in [2.05, 4.69) is 5.16 Å². The lowest BCUT2D eigenvalue weighted by atomic mass is 9.76. The van der Waals surface area contributed by atoms with Gasteiger partial charge in [-0.25, -0.2) is 4.79 Å². The van der Waals surface area contributed by atoms with Crippen LogP contribution in [0.5, 0.6) is 0 Å². The Balaban J connectivity index is 2.00. The van der Waals surface area contributed by atoms with Crippen LogP contribution in [0, 0.1) is 5.92 Å².